The first-order valence-corrected chi connectivity index (χ1v) is 10.4. The molecule has 1 saturated heterocycles. The standard InChI is InChI=1S/C22H38N4O/c1-18-14-19(2)17-26(16-18)13-9-8-12-23-22(27)24-15-21(25(3)4)20-10-6-5-7-11-20/h5-7,10-11,18-19,21H,8-9,12-17H2,1-4H3,(H2,23,24,27). The average Bonchev–Trinajstić information content (AvgIpc) is 2.61. The summed E-state index contributed by atoms with van der Waals surface area (Å²) < 4.78 is 0. The van der Waals surface area contributed by atoms with Gasteiger partial charge in [-0.1, -0.05) is 44.2 Å². The highest BCUT2D eigenvalue weighted by molar-refractivity contribution is 5.73. The number of likely N-dealkylation sites (N-methyl/N-ethyl adjacent to an activating group) is 1. The number of rotatable bonds is 9. The van der Waals surface area contributed by atoms with Crippen LogP contribution in [0.4, 0.5) is 4.79 Å². The molecule has 0 saturated carbocycles. The number of nitrogens with one attached hydrogen (secondary N) is 2. The zero-order valence-electron chi connectivity index (χ0n) is 17.6. The van der Waals surface area contributed by atoms with Gasteiger partial charge >= 0.3 is 6.03 Å². The van der Waals surface area contributed by atoms with Crippen molar-refractivity contribution in [1.29, 1.82) is 0 Å². The van der Waals surface area contributed by atoms with Crippen LogP contribution >= 0.6 is 0 Å². The molecular weight excluding hydrogens is 336 g/mol. The van der Waals surface area contributed by atoms with Crippen LogP contribution in [0.1, 0.15) is 44.7 Å². The summed E-state index contributed by atoms with van der Waals surface area (Å²) in [6.07, 6.45) is 3.53. The summed E-state index contributed by atoms with van der Waals surface area (Å²) in [6, 6.07) is 10.4. The van der Waals surface area contributed by atoms with Gasteiger partial charge in [0.05, 0.1) is 6.04 Å². The second-order valence-corrected chi connectivity index (χ2v) is 8.44. The van der Waals surface area contributed by atoms with Crippen LogP contribution in [0.15, 0.2) is 30.3 Å². The van der Waals surface area contributed by atoms with Crippen LogP contribution in [-0.4, -0.2) is 62.7 Å². The van der Waals surface area contributed by atoms with Crippen molar-refractivity contribution in [1.82, 2.24) is 20.4 Å². The van der Waals surface area contributed by atoms with Crippen molar-refractivity contribution < 1.29 is 4.79 Å². The van der Waals surface area contributed by atoms with E-state index in [9.17, 15) is 4.79 Å². The lowest BCUT2D eigenvalue weighted by molar-refractivity contribution is 0.139. The third kappa shape index (κ3) is 7.89. The molecule has 0 bridgehead atoms. The number of hydrogen-bond donors (Lipinski definition) is 2. The number of benzene rings is 1. The Morgan fingerprint density at radius 1 is 1.11 bits per heavy atom. The predicted octanol–water partition coefficient (Wildman–Crippen LogP) is 3.35. The summed E-state index contributed by atoms with van der Waals surface area (Å²) in [5.41, 5.74) is 1.22. The van der Waals surface area contributed by atoms with Gasteiger partial charge in [0.2, 0.25) is 0 Å². The minimum Gasteiger partial charge on any atom is -0.338 e. The number of carbonyl (C=O) groups excluding carboxylic acids is 1. The molecule has 3 unspecified atom stereocenters. The molecule has 0 radical (unpaired) electrons. The summed E-state index contributed by atoms with van der Waals surface area (Å²) in [7, 11) is 4.08. The Hall–Kier alpha value is -1.59. The molecule has 2 amide bonds. The van der Waals surface area contributed by atoms with Gasteiger partial charge in [-0.3, -0.25) is 0 Å². The fourth-order valence-corrected chi connectivity index (χ4v) is 4.16. The normalized spacial score (nSPS) is 21.8. The van der Waals surface area contributed by atoms with Gasteiger partial charge in [-0.05, 0) is 57.3 Å². The number of urea groups is 1. The first-order chi connectivity index (χ1) is 13.0. The highest BCUT2D eigenvalue weighted by atomic mass is 16.2. The molecule has 5 heteroatoms. The highest BCUT2D eigenvalue weighted by Crippen LogP contribution is 2.21. The number of nitrogens with zero attached hydrogens (tertiary/aromatic N) is 2. The molecule has 1 heterocycles. The molecule has 2 N–H and O–H groups in total. The van der Waals surface area contributed by atoms with Crippen LogP contribution in [0.25, 0.3) is 0 Å². The number of likely N-dealkylation sites (tertiary alicyclic amines) is 1. The predicted molar refractivity (Wildman–Crippen MR) is 113 cm³/mol. The molecule has 152 valence electrons. The fraction of sp³-hybridized carbons (Fsp3) is 0.682. The van der Waals surface area contributed by atoms with Crippen LogP contribution in [0.5, 0.6) is 0 Å². The molecule has 1 fully saturated rings. The monoisotopic (exact) mass is 374 g/mol. The number of amides is 2. The van der Waals surface area contributed by atoms with Crippen LogP contribution in [0.3, 0.4) is 0 Å². The van der Waals surface area contributed by atoms with Crippen molar-refractivity contribution in [3.63, 3.8) is 0 Å². The van der Waals surface area contributed by atoms with Crippen molar-refractivity contribution in [2.24, 2.45) is 11.8 Å². The van der Waals surface area contributed by atoms with Crippen LogP contribution in [0, 0.1) is 11.8 Å². The minimum atomic E-state index is -0.0713. The van der Waals surface area contributed by atoms with Crippen molar-refractivity contribution in [2.75, 3.05) is 46.8 Å². The van der Waals surface area contributed by atoms with Gasteiger partial charge in [0, 0.05) is 26.2 Å². The number of carbonyl (C=O) groups is 1. The average molecular weight is 375 g/mol. The zero-order valence-corrected chi connectivity index (χ0v) is 17.6. The summed E-state index contributed by atoms with van der Waals surface area (Å²) >= 11 is 0. The molecule has 27 heavy (non-hydrogen) atoms. The maximum absolute atomic E-state index is 12.1. The third-order valence-electron chi connectivity index (χ3n) is 5.39. The molecule has 3 atom stereocenters. The van der Waals surface area contributed by atoms with E-state index >= 15 is 0 Å². The van der Waals surface area contributed by atoms with Gasteiger partial charge in [-0.25, -0.2) is 4.79 Å². The number of hydrogen-bond acceptors (Lipinski definition) is 3. The quantitative estimate of drug-likeness (QED) is 0.652. The Balaban J connectivity index is 1.60. The Labute approximate surface area is 165 Å². The number of unbranched alkanes of at least 4 members (excludes halogenated alkanes) is 1. The molecule has 2 rings (SSSR count). The first-order valence-electron chi connectivity index (χ1n) is 10.4. The third-order valence-corrected chi connectivity index (χ3v) is 5.39. The SMILES string of the molecule is CC1CC(C)CN(CCCCNC(=O)NCC(c2ccccc2)N(C)C)C1. The Morgan fingerprint density at radius 3 is 2.41 bits per heavy atom. The van der Waals surface area contributed by atoms with Gasteiger partial charge in [-0.2, -0.15) is 0 Å². The fourth-order valence-electron chi connectivity index (χ4n) is 4.16. The maximum Gasteiger partial charge on any atom is 0.314 e. The molecule has 0 aliphatic carbocycles. The van der Waals surface area contributed by atoms with Crippen LogP contribution in [-0.2, 0) is 0 Å². The van der Waals surface area contributed by atoms with E-state index in [1.165, 1.54) is 25.1 Å². The zero-order chi connectivity index (χ0) is 19.6. The van der Waals surface area contributed by atoms with Crippen LogP contribution < -0.4 is 10.6 Å². The lowest BCUT2D eigenvalue weighted by Crippen LogP contribution is -2.41. The second kappa shape index (κ2) is 11.3. The van der Waals surface area contributed by atoms with Crippen molar-refractivity contribution in [2.45, 2.75) is 39.2 Å². The van der Waals surface area contributed by atoms with E-state index in [-0.39, 0.29) is 12.1 Å². The van der Waals surface area contributed by atoms with Gasteiger partial charge < -0.3 is 20.4 Å². The number of piperidine rings is 1. The molecule has 1 aromatic rings. The molecule has 1 aromatic carbocycles. The van der Waals surface area contributed by atoms with Gasteiger partial charge in [-0.15, -0.1) is 0 Å². The Kier molecular flexibility index (Phi) is 9.08. The molecule has 1 aliphatic heterocycles. The summed E-state index contributed by atoms with van der Waals surface area (Å²) in [4.78, 5) is 16.8. The lowest BCUT2D eigenvalue weighted by atomic mass is 9.92. The molecule has 0 aromatic heterocycles. The topological polar surface area (TPSA) is 47.6 Å². The van der Waals surface area contributed by atoms with Crippen LogP contribution in [0.2, 0.25) is 0 Å². The first kappa shape index (κ1) is 21.7. The van der Waals surface area contributed by atoms with Gasteiger partial charge in [0.25, 0.3) is 0 Å². The van der Waals surface area contributed by atoms with E-state index in [0.29, 0.717) is 6.54 Å². The van der Waals surface area contributed by atoms with Gasteiger partial charge in [0.1, 0.15) is 0 Å². The Morgan fingerprint density at radius 2 is 1.78 bits per heavy atom. The van der Waals surface area contributed by atoms with E-state index in [2.05, 4.69) is 46.4 Å². The summed E-state index contributed by atoms with van der Waals surface area (Å²) in [5.74, 6) is 1.62. The van der Waals surface area contributed by atoms with Crippen molar-refractivity contribution in [3.05, 3.63) is 35.9 Å². The largest absolute Gasteiger partial charge is 0.338 e. The molecule has 1 aliphatic rings. The van der Waals surface area contributed by atoms with E-state index in [1.54, 1.807) is 0 Å². The summed E-state index contributed by atoms with van der Waals surface area (Å²) in [5, 5.41) is 6.01. The molecular formula is C22H38N4O. The minimum absolute atomic E-state index is 0.0713. The molecule has 0 spiro atoms. The summed E-state index contributed by atoms with van der Waals surface area (Å²) in [6.45, 7) is 9.65. The maximum atomic E-state index is 12.1. The molecule has 5 nitrogen and oxygen atoms in total. The van der Waals surface area contributed by atoms with E-state index in [0.717, 1.165) is 37.8 Å². The second-order valence-electron chi connectivity index (χ2n) is 8.44. The van der Waals surface area contributed by atoms with E-state index in [4.69, 9.17) is 0 Å². The lowest BCUT2D eigenvalue weighted by Gasteiger charge is -2.34. The van der Waals surface area contributed by atoms with Gasteiger partial charge in [0.15, 0.2) is 0 Å². The van der Waals surface area contributed by atoms with E-state index in [1.807, 2.05) is 32.3 Å². The smallest absolute Gasteiger partial charge is 0.314 e. The van der Waals surface area contributed by atoms with Crippen molar-refractivity contribution in [3.8, 4) is 0 Å². The van der Waals surface area contributed by atoms with E-state index < -0.39 is 0 Å². The van der Waals surface area contributed by atoms with Crippen molar-refractivity contribution >= 4 is 6.03 Å². The Bertz CT molecular complexity index is 539. The highest BCUT2D eigenvalue weighted by Gasteiger charge is 2.21.